The summed E-state index contributed by atoms with van der Waals surface area (Å²) in [5.41, 5.74) is 5.03. The molecule has 0 atom stereocenters. The number of H-pyrrole nitrogens is 1. The molecule has 2 fully saturated rings. The van der Waals surface area contributed by atoms with Crippen molar-refractivity contribution in [3.63, 3.8) is 0 Å². The number of anilines is 2. The number of amides is 1. The summed E-state index contributed by atoms with van der Waals surface area (Å²) in [5.74, 6) is -0.805. The standard InChI is InChI=1S/C52H55FN8O7S2/c1-51(2)13-11-35(44(28-51)48-24-37(32-69-48)36-21-38(53)25-39(22-36)54-4)31-59-17-19-60(20-18-59)40-5-7-43(47(26-40)68-41-23-34-12-16-55-49(34)57-30-41)50(62)58-70(66,67)42-6-8-45(46(27-42)61(64)65)56-29-33-9-14-52(3,63)15-10-33/h5-8,12,16,21-27,30,32-33,56,63H,9-11,13-15,17-20,28-29,31H2,1-3H3,(H,55,57)(H,58,62). The summed E-state index contributed by atoms with van der Waals surface area (Å²) in [7, 11) is -4.61. The van der Waals surface area contributed by atoms with Gasteiger partial charge in [0.1, 0.15) is 28.7 Å². The van der Waals surface area contributed by atoms with Gasteiger partial charge in [0.05, 0.1) is 33.8 Å². The van der Waals surface area contributed by atoms with E-state index in [9.17, 15) is 32.8 Å². The SMILES string of the molecule is [C-]#[N+]c1cc(F)cc(-c2csc(C3=C(CN4CCN(c5ccc(C(=O)NS(=O)(=O)c6ccc(NCC7CCC(C)(O)CC7)c([N+](=O)[O-])c6)c(Oc6cnc7[nH]ccc7c6)c5)CC4)CCC(C)(C)C3)c2)c1. The Bertz CT molecular complexity index is 3160. The van der Waals surface area contributed by atoms with Gasteiger partial charge in [-0.25, -0.2) is 27.4 Å². The number of halogens is 1. The molecule has 3 aromatic heterocycles. The Labute approximate surface area is 410 Å². The van der Waals surface area contributed by atoms with Crippen molar-refractivity contribution in [2.24, 2.45) is 11.3 Å². The van der Waals surface area contributed by atoms with Crippen molar-refractivity contribution in [1.82, 2.24) is 19.6 Å². The molecule has 364 valence electrons. The van der Waals surface area contributed by atoms with Crippen LogP contribution < -0.4 is 19.7 Å². The maximum Gasteiger partial charge on any atom is 0.293 e. The highest BCUT2D eigenvalue weighted by Crippen LogP contribution is 2.46. The predicted molar refractivity (Wildman–Crippen MR) is 271 cm³/mol. The predicted octanol–water partition coefficient (Wildman–Crippen LogP) is 10.9. The van der Waals surface area contributed by atoms with E-state index in [1.165, 1.54) is 47.7 Å². The zero-order valence-electron chi connectivity index (χ0n) is 39.3. The molecule has 3 aromatic carbocycles. The number of carbonyl (C=O) groups is 1. The number of ether oxygens (including phenoxy) is 1. The van der Waals surface area contributed by atoms with Crippen molar-refractivity contribution in [3.8, 4) is 22.6 Å². The van der Waals surface area contributed by atoms with E-state index in [4.69, 9.17) is 11.3 Å². The summed E-state index contributed by atoms with van der Waals surface area (Å²) in [6.45, 7) is 17.9. The van der Waals surface area contributed by atoms with Gasteiger partial charge in [0, 0.05) is 73.5 Å². The number of carbonyl (C=O) groups excluding carboxylic acids is 1. The Morgan fingerprint density at radius 3 is 2.57 bits per heavy atom. The van der Waals surface area contributed by atoms with Gasteiger partial charge in [-0.2, -0.15) is 0 Å². The van der Waals surface area contributed by atoms with Crippen LogP contribution >= 0.6 is 11.3 Å². The van der Waals surface area contributed by atoms with Crippen molar-refractivity contribution in [3.05, 3.63) is 134 Å². The van der Waals surface area contributed by atoms with Crippen LogP contribution in [-0.2, 0) is 10.0 Å². The van der Waals surface area contributed by atoms with E-state index in [0.29, 0.717) is 49.4 Å². The molecule has 3 aliphatic rings. The lowest BCUT2D eigenvalue weighted by molar-refractivity contribution is -0.384. The summed E-state index contributed by atoms with van der Waals surface area (Å²) in [6.07, 6.45) is 8.95. The van der Waals surface area contributed by atoms with E-state index < -0.39 is 42.9 Å². The molecule has 4 N–H and O–H groups in total. The Hall–Kier alpha value is -6.65. The lowest BCUT2D eigenvalue weighted by Gasteiger charge is -2.39. The van der Waals surface area contributed by atoms with E-state index in [1.54, 1.807) is 48.7 Å². The number of pyridine rings is 1. The number of allylic oxidation sites excluding steroid dienone is 1. The van der Waals surface area contributed by atoms with Crippen LogP contribution in [-0.4, -0.2) is 84.1 Å². The molecule has 0 bridgehead atoms. The number of piperazine rings is 1. The second kappa shape index (κ2) is 19.6. The first kappa shape index (κ1) is 48.4. The fourth-order valence-corrected chi connectivity index (χ4v) is 11.7. The maximum atomic E-state index is 14.4. The molecule has 2 aliphatic carbocycles. The van der Waals surface area contributed by atoms with Crippen molar-refractivity contribution >= 4 is 66.6 Å². The average molecular weight is 987 g/mol. The summed E-state index contributed by atoms with van der Waals surface area (Å²) >= 11 is 1.65. The third-order valence-corrected chi connectivity index (χ3v) is 16.2. The van der Waals surface area contributed by atoms with Gasteiger partial charge in [0.25, 0.3) is 21.6 Å². The molecular weight excluding hydrogens is 932 g/mol. The Kier molecular flexibility index (Phi) is 13.6. The number of nitro groups is 1. The van der Waals surface area contributed by atoms with Gasteiger partial charge in [0.15, 0.2) is 5.69 Å². The summed E-state index contributed by atoms with van der Waals surface area (Å²) in [6, 6.07) is 18.7. The van der Waals surface area contributed by atoms with Crippen molar-refractivity contribution in [2.75, 3.05) is 49.5 Å². The highest BCUT2D eigenvalue weighted by atomic mass is 32.2. The second-order valence-corrected chi connectivity index (χ2v) is 22.4. The molecule has 0 spiro atoms. The van der Waals surface area contributed by atoms with Crippen LogP contribution in [0.3, 0.4) is 0 Å². The van der Waals surface area contributed by atoms with Gasteiger partial charge < -0.3 is 25.0 Å². The molecule has 1 saturated heterocycles. The van der Waals surface area contributed by atoms with Crippen LogP contribution in [0.5, 0.6) is 11.5 Å². The molecule has 18 heteroatoms. The van der Waals surface area contributed by atoms with Crippen molar-refractivity contribution in [2.45, 2.75) is 76.2 Å². The lowest BCUT2D eigenvalue weighted by Crippen LogP contribution is -2.47. The van der Waals surface area contributed by atoms with Gasteiger partial charge in [-0.3, -0.25) is 19.8 Å². The smallest absolute Gasteiger partial charge is 0.293 e. The Morgan fingerprint density at radius 1 is 1.03 bits per heavy atom. The van der Waals surface area contributed by atoms with E-state index in [2.05, 4.69) is 54.6 Å². The van der Waals surface area contributed by atoms with Gasteiger partial charge in [-0.05, 0) is 146 Å². The van der Waals surface area contributed by atoms with Gasteiger partial charge in [-0.1, -0.05) is 19.4 Å². The van der Waals surface area contributed by atoms with E-state index in [0.717, 1.165) is 79.3 Å². The average Bonchev–Trinajstić information content (AvgIpc) is 4.02. The van der Waals surface area contributed by atoms with E-state index in [1.807, 2.05) is 11.4 Å². The van der Waals surface area contributed by atoms with Crippen LogP contribution in [0.1, 0.15) is 81.0 Å². The van der Waals surface area contributed by atoms with Gasteiger partial charge in [0.2, 0.25) is 0 Å². The first-order chi connectivity index (χ1) is 33.4. The fourth-order valence-electron chi connectivity index (χ4n) is 9.71. The molecule has 4 heterocycles. The van der Waals surface area contributed by atoms with Gasteiger partial charge in [-0.15, -0.1) is 11.3 Å². The second-order valence-electron chi connectivity index (χ2n) is 19.8. The number of hydrogen-bond acceptors (Lipinski definition) is 12. The van der Waals surface area contributed by atoms with Crippen LogP contribution in [0.2, 0.25) is 0 Å². The minimum absolute atomic E-state index is 0.0694. The third-order valence-electron chi connectivity index (χ3n) is 13.9. The van der Waals surface area contributed by atoms with Crippen LogP contribution in [0.4, 0.5) is 27.1 Å². The normalized spacial score (nSPS) is 19.7. The summed E-state index contributed by atoms with van der Waals surface area (Å²) < 4.78 is 50.4. The monoisotopic (exact) mass is 986 g/mol. The van der Waals surface area contributed by atoms with Crippen molar-refractivity contribution in [1.29, 1.82) is 0 Å². The molecule has 1 saturated carbocycles. The highest BCUT2D eigenvalue weighted by molar-refractivity contribution is 7.90. The number of thiophene rings is 1. The number of nitrogens with zero attached hydrogens (tertiary/aromatic N) is 5. The number of sulfonamides is 1. The largest absolute Gasteiger partial charge is 0.455 e. The Balaban J connectivity index is 0.917. The molecule has 9 rings (SSSR count). The number of nitrogens with one attached hydrogen (secondary N) is 3. The number of aromatic amines is 1. The summed E-state index contributed by atoms with van der Waals surface area (Å²) in [5, 5.41) is 28.4. The minimum Gasteiger partial charge on any atom is -0.455 e. The molecule has 0 radical (unpaired) electrons. The molecule has 6 aromatic rings. The number of hydrogen-bond donors (Lipinski definition) is 4. The number of benzene rings is 3. The quantitative estimate of drug-likeness (QED) is 0.0462. The topological polar surface area (TPSA) is 187 Å². The zero-order chi connectivity index (χ0) is 49.4. The van der Waals surface area contributed by atoms with E-state index in [-0.39, 0.29) is 34.0 Å². The molecule has 1 aliphatic heterocycles. The van der Waals surface area contributed by atoms with Crippen LogP contribution in [0.15, 0.2) is 101 Å². The highest BCUT2D eigenvalue weighted by Gasteiger charge is 2.32. The lowest BCUT2D eigenvalue weighted by atomic mass is 9.73. The molecular formula is C52H55FN8O7S2. The van der Waals surface area contributed by atoms with Crippen LogP contribution in [0, 0.1) is 33.8 Å². The number of aromatic nitrogens is 2. The molecule has 15 nitrogen and oxygen atoms in total. The first-order valence-electron chi connectivity index (χ1n) is 23.4. The fraction of sp³-hybridized carbons (Fsp3) is 0.365. The van der Waals surface area contributed by atoms with Crippen molar-refractivity contribution < 1.29 is 32.4 Å². The zero-order valence-corrected chi connectivity index (χ0v) is 40.9. The number of rotatable bonds is 14. The third kappa shape index (κ3) is 11.0. The van der Waals surface area contributed by atoms with Crippen LogP contribution in [0.25, 0.3) is 32.6 Å². The Morgan fingerprint density at radius 2 is 1.81 bits per heavy atom. The van der Waals surface area contributed by atoms with Gasteiger partial charge >= 0.3 is 0 Å². The molecule has 70 heavy (non-hydrogen) atoms. The minimum atomic E-state index is -4.61. The van der Waals surface area contributed by atoms with E-state index >= 15 is 0 Å². The first-order valence-corrected chi connectivity index (χ1v) is 25.8. The number of aliphatic hydroxyl groups is 1. The molecule has 0 unspecified atom stereocenters. The number of fused-ring (bicyclic) bond motifs is 1. The molecule has 1 amide bonds. The maximum absolute atomic E-state index is 14.4. The number of nitro benzene ring substituents is 1. The summed E-state index contributed by atoms with van der Waals surface area (Å²) in [4.78, 5) is 41.8.